The first-order chi connectivity index (χ1) is 13.1. The van der Waals surface area contributed by atoms with E-state index in [0.29, 0.717) is 30.4 Å². The summed E-state index contributed by atoms with van der Waals surface area (Å²) in [4.78, 5) is 15.6. The fraction of sp³-hybridized carbons (Fsp3) is 0.957. The number of fused-ring (bicyclic) bond motifs is 1. The van der Waals surface area contributed by atoms with E-state index in [-0.39, 0.29) is 11.6 Å². The van der Waals surface area contributed by atoms with Crippen LogP contribution in [0.4, 0.5) is 0 Å². The van der Waals surface area contributed by atoms with Crippen molar-refractivity contribution in [3.05, 3.63) is 0 Å². The lowest BCUT2D eigenvalue weighted by atomic mass is 9.64. The Bertz CT molecular complexity index is 508. The predicted molar refractivity (Wildman–Crippen MR) is 107 cm³/mol. The van der Waals surface area contributed by atoms with E-state index in [1.165, 1.54) is 51.5 Å². The van der Waals surface area contributed by atoms with Gasteiger partial charge in [-0.3, -0.25) is 9.69 Å². The van der Waals surface area contributed by atoms with E-state index in [4.69, 9.17) is 9.47 Å². The van der Waals surface area contributed by atoms with Gasteiger partial charge in [0.25, 0.3) is 0 Å². The highest BCUT2D eigenvalue weighted by molar-refractivity contribution is 5.70. The molecule has 0 aromatic carbocycles. The molecule has 0 N–H and O–H groups in total. The molecule has 4 fully saturated rings. The summed E-state index contributed by atoms with van der Waals surface area (Å²) in [7, 11) is 1.81. The summed E-state index contributed by atoms with van der Waals surface area (Å²) in [5.74, 6) is 2.00. The van der Waals surface area contributed by atoms with E-state index in [9.17, 15) is 4.79 Å². The molecule has 0 bridgehead atoms. The van der Waals surface area contributed by atoms with Crippen molar-refractivity contribution in [3.63, 3.8) is 0 Å². The molecule has 4 heteroatoms. The molecule has 0 amide bonds. The zero-order chi connectivity index (χ0) is 18.9. The second-order valence-electron chi connectivity index (χ2n) is 9.95. The monoisotopic (exact) mass is 377 g/mol. The van der Waals surface area contributed by atoms with Crippen molar-refractivity contribution >= 4 is 5.97 Å². The first-order valence-corrected chi connectivity index (χ1v) is 11.6. The molecular formula is C23H39NO3. The van der Waals surface area contributed by atoms with E-state index in [2.05, 4.69) is 11.8 Å². The first kappa shape index (κ1) is 19.7. The third-order valence-corrected chi connectivity index (χ3v) is 8.22. The molecule has 2 saturated heterocycles. The van der Waals surface area contributed by atoms with Crippen LogP contribution in [0.1, 0.15) is 84.0 Å². The van der Waals surface area contributed by atoms with Crippen LogP contribution < -0.4 is 0 Å². The smallest absolute Gasteiger partial charge is 0.306 e. The lowest BCUT2D eigenvalue weighted by Gasteiger charge is -2.62. The fourth-order valence-electron chi connectivity index (χ4n) is 6.44. The Balaban J connectivity index is 1.38. The average molecular weight is 378 g/mol. The number of ether oxygens (including phenoxy) is 2. The minimum atomic E-state index is -0.165. The van der Waals surface area contributed by atoms with Crippen LogP contribution >= 0.6 is 0 Å². The number of hydrogen-bond donors (Lipinski definition) is 0. The van der Waals surface area contributed by atoms with Crippen LogP contribution in [0.5, 0.6) is 0 Å². The van der Waals surface area contributed by atoms with Gasteiger partial charge < -0.3 is 9.47 Å². The highest BCUT2D eigenvalue weighted by Crippen LogP contribution is 2.49. The summed E-state index contributed by atoms with van der Waals surface area (Å²) >= 11 is 0. The number of hydrogen-bond acceptors (Lipinski definition) is 4. The molecule has 2 unspecified atom stereocenters. The number of piperidine rings is 1. The summed E-state index contributed by atoms with van der Waals surface area (Å²) in [5.41, 5.74) is -0.165. The molecular weight excluding hydrogens is 338 g/mol. The van der Waals surface area contributed by atoms with Gasteiger partial charge in [0, 0.05) is 26.0 Å². The van der Waals surface area contributed by atoms with E-state index in [1.54, 1.807) is 7.11 Å². The predicted octanol–water partition coefficient (Wildman–Crippen LogP) is 4.56. The molecule has 0 aromatic heterocycles. The lowest BCUT2D eigenvalue weighted by Crippen LogP contribution is -2.75. The summed E-state index contributed by atoms with van der Waals surface area (Å²) < 4.78 is 11.9. The Hall–Kier alpha value is -0.610. The highest BCUT2D eigenvalue weighted by atomic mass is 16.6. The van der Waals surface area contributed by atoms with Crippen molar-refractivity contribution in [2.24, 2.45) is 17.8 Å². The number of nitrogens with zero attached hydrogens (tertiary/aromatic N) is 1. The van der Waals surface area contributed by atoms with Crippen LogP contribution in [0.15, 0.2) is 0 Å². The Morgan fingerprint density at radius 3 is 2.41 bits per heavy atom. The Morgan fingerprint density at radius 2 is 1.74 bits per heavy atom. The standard InChI is InChI=1S/C23H39NO3/c1-17-6-10-19(11-7-17)23(16-24-14-4-3-5-21(23)24)27-22(25)15-18-8-12-20(26-2)13-9-18/h17-21H,3-16H2,1-2H3. The van der Waals surface area contributed by atoms with Gasteiger partial charge in [-0.25, -0.2) is 0 Å². The zero-order valence-corrected chi connectivity index (χ0v) is 17.5. The summed E-state index contributed by atoms with van der Waals surface area (Å²) in [6.45, 7) is 4.58. The van der Waals surface area contributed by atoms with Crippen molar-refractivity contribution in [1.29, 1.82) is 0 Å². The maximum atomic E-state index is 13.0. The van der Waals surface area contributed by atoms with Gasteiger partial charge in [-0.2, -0.15) is 0 Å². The molecule has 2 atom stereocenters. The van der Waals surface area contributed by atoms with Crippen LogP contribution in [0.3, 0.4) is 0 Å². The van der Waals surface area contributed by atoms with E-state index >= 15 is 0 Å². The van der Waals surface area contributed by atoms with Crippen LogP contribution in [0, 0.1) is 17.8 Å². The molecule has 4 nitrogen and oxygen atoms in total. The molecule has 154 valence electrons. The van der Waals surface area contributed by atoms with Crippen LogP contribution in [0.25, 0.3) is 0 Å². The van der Waals surface area contributed by atoms with Crippen LogP contribution in [-0.2, 0) is 14.3 Å². The van der Waals surface area contributed by atoms with Gasteiger partial charge >= 0.3 is 5.97 Å². The van der Waals surface area contributed by atoms with Crippen molar-refractivity contribution in [1.82, 2.24) is 4.90 Å². The number of carbonyl (C=O) groups is 1. The van der Waals surface area contributed by atoms with Gasteiger partial charge in [0.05, 0.1) is 12.1 Å². The van der Waals surface area contributed by atoms with Crippen molar-refractivity contribution in [3.8, 4) is 0 Å². The number of methoxy groups -OCH3 is 1. The largest absolute Gasteiger partial charge is 0.456 e. The van der Waals surface area contributed by atoms with Gasteiger partial charge in [0.1, 0.15) is 5.60 Å². The Morgan fingerprint density at radius 1 is 1.00 bits per heavy atom. The Kier molecular flexibility index (Phi) is 6.13. The van der Waals surface area contributed by atoms with Gasteiger partial charge in [-0.15, -0.1) is 0 Å². The molecule has 4 rings (SSSR count). The summed E-state index contributed by atoms with van der Waals surface area (Å²) in [6, 6.07) is 0.498. The molecule has 0 radical (unpaired) electrons. The van der Waals surface area contributed by atoms with Crippen LogP contribution in [-0.4, -0.2) is 48.8 Å². The first-order valence-electron chi connectivity index (χ1n) is 11.6. The normalized spacial score (nSPS) is 42.8. The molecule has 0 spiro atoms. The minimum Gasteiger partial charge on any atom is -0.456 e. The minimum absolute atomic E-state index is 0.0831. The summed E-state index contributed by atoms with van der Waals surface area (Å²) in [5, 5.41) is 0. The van der Waals surface area contributed by atoms with Crippen molar-refractivity contribution < 1.29 is 14.3 Å². The van der Waals surface area contributed by atoms with E-state index < -0.39 is 0 Å². The SMILES string of the molecule is COC1CCC(CC(=O)OC2(C3CCC(C)CC3)CN3CCCCC32)CC1. The third kappa shape index (κ3) is 4.07. The molecule has 2 saturated carbocycles. The highest BCUT2D eigenvalue weighted by Gasteiger charge is 2.60. The van der Waals surface area contributed by atoms with E-state index in [1.807, 2.05) is 0 Å². The molecule has 27 heavy (non-hydrogen) atoms. The zero-order valence-electron chi connectivity index (χ0n) is 17.5. The number of esters is 1. The average Bonchev–Trinajstić information content (AvgIpc) is 2.67. The molecule has 4 aliphatic rings. The van der Waals surface area contributed by atoms with Crippen molar-refractivity contribution in [2.75, 3.05) is 20.2 Å². The quantitative estimate of drug-likeness (QED) is 0.659. The van der Waals surface area contributed by atoms with Gasteiger partial charge in [-0.05, 0) is 69.7 Å². The second-order valence-corrected chi connectivity index (χ2v) is 9.95. The molecule has 0 aromatic rings. The fourth-order valence-corrected chi connectivity index (χ4v) is 6.44. The third-order valence-electron chi connectivity index (χ3n) is 8.22. The lowest BCUT2D eigenvalue weighted by molar-refractivity contribution is -0.230. The van der Waals surface area contributed by atoms with Crippen molar-refractivity contribution in [2.45, 2.75) is 102 Å². The maximum absolute atomic E-state index is 13.0. The molecule has 2 heterocycles. The Labute approximate surface area is 165 Å². The molecule has 2 aliphatic carbocycles. The maximum Gasteiger partial charge on any atom is 0.306 e. The van der Waals surface area contributed by atoms with Crippen LogP contribution in [0.2, 0.25) is 0 Å². The molecule has 2 aliphatic heterocycles. The number of rotatable bonds is 5. The number of carbonyl (C=O) groups excluding carboxylic acids is 1. The topological polar surface area (TPSA) is 38.8 Å². The van der Waals surface area contributed by atoms with Gasteiger partial charge in [0.15, 0.2) is 0 Å². The van der Waals surface area contributed by atoms with Gasteiger partial charge in [0.2, 0.25) is 0 Å². The van der Waals surface area contributed by atoms with Gasteiger partial charge in [-0.1, -0.05) is 26.2 Å². The summed E-state index contributed by atoms with van der Waals surface area (Å²) in [6.07, 6.45) is 14.4. The second kappa shape index (κ2) is 8.41. The van der Waals surface area contributed by atoms with E-state index in [0.717, 1.165) is 38.1 Å².